The molecule has 1 amide bonds. The van der Waals surface area contributed by atoms with Crippen LogP contribution in [0, 0.1) is 5.92 Å². The quantitative estimate of drug-likeness (QED) is 0.487. The zero-order valence-corrected chi connectivity index (χ0v) is 20.1. The Morgan fingerprint density at radius 3 is 2.68 bits per heavy atom. The summed E-state index contributed by atoms with van der Waals surface area (Å²) >= 11 is 4.96. The third-order valence-electron chi connectivity index (χ3n) is 6.00. The topological polar surface area (TPSA) is 61.8 Å². The summed E-state index contributed by atoms with van der Waals surface area (Å²) < 4.78 is 6.04. The monoisotopic (exact) mass is 502 g/mol. The molecule has 1 aliphatic heterocycles. The van der Waals surface area contributed by atoms with Gasteiger partial charge in [-0.05, 0) is 49.1 Å². The molecule has 2 fully saturated rings. The third kappa shape index (κ3) is 4.72. The van der Waals surface area contributed by atoms with Gasteiger partial charge in [0, 0.05) is 21.8 Å². The minimum absolute atomic E-state index is 0.00974. The summed E-state index contributed by atoms with van der Waals surface area (Å²) in [4.78, 5) is 16.2. The molecular weight excluding hydrogens is 476 g/mol. The number of benzene rings is 2. The van der Waals surface area contributed by atoms with Crippen molar-refractivity contribution in [1.82, 2.24) is 4.90 Å². The van der Waals surface area contributed by atoms with Crippen molar-refractivity contribution in [3.63, 3.8) is 0 Å². The molecule has 3 atom stereocenters. The molecule has 4 rings (SSSR count). The number of amides is 1. The van der Waals surface area contributed by atoms with Gasteiger partial charge in [0.1, 0.15) is 0 Å². The zero-order chi connectivity index (χ0) is 22.0. The molecule has 1 saturated heterocycles. The summed E-state index contributed by atoms with van der Waals surface area (Å²) in [5, 5.41) is 14.1. The first-order valence-electron chi connectivity index (χ1n) is 10.6. The number of nitrogens with zero attached hydrogens (tertiary/aromatic N) is 1. The molecule has 1 saturated carbocycles. The molecule has 2 aliphatic rings. The summed E-state index contributed by atoms with van der Waals surface area (Å²) in [6.45, 7) is 2.24. The lowest BCUT2D eigenvalue weighted by Crippen LogP contribution is -2.48. The van der Waals surface area contributed by atoms with E-state index in [-0.39, 0.29) is 23.2 Å². The molecule has 2 aromatic carbocycles. The molecule has 2 N–H and O–H groups in total. The molecule has 0 spiro atoms. The smallest absolute Gasteiger partial charge is 0.262 e. The number of halogens is 1. The molecule has 164 valence electrons. The largest absolute Gasteiger partial charge is 0.504 e. The number of anilines is 1. The minimum Gasteiger partial charge on any atom is -0.504 e. The highest BCUT2D eigenvalue weighted by atomic mass is 79.9. The van der Waals surface area contributed by atoms with E-state index in [9.17, 15) is 9.90 Å². The van der Waals surface area contributed by atoms with E-state index in [0.29, 0.717) is 22.1 Å². The Kier molecular flexibility index (Phi) is 6.82. The Morgan fingerprint density at radius 2 is 1.97 bits per heavy atom. The van der Waals surface area contributed by atoms with Crippen LogP contribution >= 0.6 is 27.7 Å². The van der Waals surface area contributed by atoms with Crippen LogP contribution in [0.4, 0.5) is 5.69 Å². The summed E-state index contributed by atoms with van der Waals surface area (Å²) in [5.74, 6) is 0.865. The molecule has 2 aromatic rings. The van der Waals surface area contributed by atoms with Crippen LogP contribution in [0.25, 0.3) is 6.08 Å². The highest BCUT2D eigenvalue weighted by Gasteiger charge is 2.43. The molecule has 7 heteroatoms. The van der Waals surface area contributed by atoms with Gasteiger partial charge in [-0.15, -0.1) is 0 Å². The third-order valence-corrected chi connectivity index (χ3v) is 7.57. The summed E-state index contributed by atoms with van der Waals surface area (Å²) in [6, 6.07) is 13.7. The van der Waals surface area contributed by atoms with Gasteiger partial charge in [0.15, 0.2) is 17.0 Å². The van der Waals surface area contributed by atoms with Crippen LogP contribution in [0.5, 0.6) is 11.5 Å². The number of ether oxygens (including phenoxy) is 1. The highest BCUT2D eigenvalue weighted by Crippen LogP contribution is 2.44. The Balaban J connectivity index is 1.69. The lowest BCUT2D eigenvalue weighted by Gasteiger charge is -2.39. The fraction of sp³-hybridized carbons (Fsp3) is 0.375. The Bertz CT molecular complexity index is 982. The Labute approximate surface area is 196 Å². The van der Waals surface area contributed by atoms with E-state index in [4.69, 9.17) is 4.74 Å². The van der Waals surface area contributed by atoms with E-state index < -0.39 is 0 Å². The second kappa shape index (κ2) is 9.57. The molecule has 1 aliphatic carbocycles. The van der Waals surface area contributed by atoms with Gasteiger partial charge in [-0.25, -0.2) is 0 Å². The van der Waals surface area contributed by atoms with Gasteiger partial charge >= 0.3 is 0 Å². The van der Waals surface area contributed by atoms with Crippen molar-refractivity contribution in [3.05, 3.63) is 57.4 Å². The standard InChI is InChI=1S/C24H27BrN2O3S/c1-15-8-6-7-11-19(15)27-23(29)21(31-24(27)26-18-9-4-3-5-10-18)13-16-12-17(25)14-20(30-2)22(16)28/h3-5,9-10,12-15,19,24,26,28H,6-8,11H2,1-2H3/b21-13-/t15-,19+,24?/m0/s1. The SMILES string of the molecule is COc1cc(Br)cc(/C=C2\SC(Nc3ccccc3)N([C@@H]3CCCC[C@@H]3C)C2=O)c1O. The molecule has 0 aromatic heterocycles. The summed E-state index contributed by atoms with van der Waals surface area (Å²) in [7, 11) is 1.51. The van der Waals surface area contributed by atoms with Crippen molar-refractivity contribution in [2.75, 3.05) is 12.4 Å². The molecule has 1 unspecified atom stereocenters. The van der Waals surface area contributed by atoms with Crippen molar-refractivity contribution < 1.29 is 14.6 Å². The van der Waals surface area contributed by atoms with Crippen LogP contribution in [0.15, 0.2) is 51.8 Å². The number of hydrogen-bond donors (Lipinski definition) is 2. The number of carbonyl (C=O) groups excluding carboxylic acids is 1. The predicted octanol–water partition coefficient (Wildman–Crippen LogP) is 6.05. The number of carbonyl (C=O) groups is 1. The van der Waals surface area contributed by atoms with Crippen LogP contribution in [-0.2, 0) is 4.79 Å². The number of phenols is 1. The first kappa shape index (κ1) is 22.1. The van der Waals surface area contributed by atoms with Crippen molar-refractivity contribution >= 4 is 45.4 Å². The lowest BCUT2D eigenvalue weighted by molar-refractivity contribution is -0.129. The van der Waals surface area contributed by atoms with E-state index >= 15 is 0 Å². The van der Waals surface area contributed by atoms with Gasteiger partial charge in [-0.2, -0.15) is 0 Å². The fourth-order valence-electron chi connectivity index (χ4n) is 4.37. The second-order valence-corrected chi connectivity index (χ2v) is 10.1. The number of phenolic OH excluding ortho intramolecular Hbond substituents is 1. The molecular formula is C24H27BrN2O3S. The van der Waals surface area contributed by atoms with Crippen molar-refractivity contribution in [2.24, 2.45) is 5.92 Å². The lowest BCUT2D eigenvalue weighted by atomic mass is 9.85. The van der Waals surface area contributed by atoms with Gasteiger partial charge in [0.2, 0.25) is 0 Å². The summed E-state index contributed by atoms with van der Waals surface area (Å²) in [6.07, 6.45) is 6.29. The Morgan fingerprint density at radius 1 is 1.23 bits per heavy atom. The minimum atomic E-state index is -0.192. The molecule has 1 heterocycles. The number of aromatic hydroxyl groups is 1. The predicted molar refractivity (Wildman–Crippen MR) is 130 cm³/mol. The van der Waals surface area contributed by atoms with E-state index in [0.717, 1.165) is 29.4 Å². The molecule has 5 nitrogen and oxygen atoms in total. The van der Waals surface area contributed by atoms with Crippen LogP contribution in [-0.4, -0.2) is 34.6 Å². The normalized spacial score (nSPS) is 25.1. The highest BCUT2D eigenvalue weighted by molar-refractivity contribution is 9.10. The zero-order valence-electron chi connectivity index (χ0n) is 17.7. The van der Waals surface area contributed by atoms with Gasteiger partial charge in [-0.3, -0.25) is 4.79 Å². The van der Waals surface area contributed by atoms with Crippen LogP contribution in [0.2, 0.25) is 0 Å². The van der Waals surface area contributed by atoms with Crippen molar-refractivity contribution in [1.29, 1.82) is 0 Å². The Hall–Kier alpha value is -2.12. The van der Waals surface area contributed by atoms with Gasteiger partial charge in [-0.1, -0.05) is 65.7 Å². The van der Waals surface area contributed by atoms with E-state index in [1.165, 1.54) is 25.3 Å². The van der Waals surface area contributed by atoms with E-state index in [1.807, 2.05) is 35.2 Å². The average molecular weight is 503 g/mol. The maximum Gasteiger partial charge on any atom is 0.262 e. The molecule has 0 radical (unpaired) electrons. The number of hydrogen-bond acceptors (Lipinski definition) is 5. The number of thioether (sulfide) groups is 1. The maximum absolute atomic E-state index is 13.6. The van der Waals surface area contributed by atoms with E-state index in [1.54, 1.807) is 18.2 Å². The van der Waals surface area contributed by atoms with Crippen LogP contribution < -0.4 is 10.1 Å². The molecule has 0 bridgehead atoms. The van der Waals surface area contributed by atoms with Crippen molar-refractivity contribution in [3.8, 4) is 11.5 Å². The van der Waals surface area contributed by atoms with Crippen LogP contribution in [0.1, 0.15) is 38.2 Å². The van der Waals surface area contributed by atoms with Gasteiger partial charge in [0.25, 0.3) is 5.91 Å². The second-order valence-electron chi connectivity index (χ2n) is 8.08. The molecule has 31 heavy (non-hydrogen) atoms. The van der Waals surface area contributed by atoms with E-state index in [2.05, 4.69) is 28.2 Å². The number of para-hydroxylation sites is 1. The van der Waals surface area contributed by atoms with Gasteiger partial charge in [0.05, 0.1) is 12.0 Å². The van der Waals surface area contributed by atoms with Crippen LogP contribution in [0.3, 0.4) is 0 Å². The first-order chi connectivity index (χ1) is 15.0. The fourth-order valence-corrected chi connectivity index (χ4v) is 6.03. The maximum atomic E-state index is 13.6. The number of rotatable bonds is 5. The number of nitrogens with one attached hydrogen (secondary N) is 1. The van der Waals surface area contributed by atoms with Crippen molar-refractivity contribution in [2.45, 2.75) is 44.1 Å². The number of methoxy groups -OCH3 is 1. The summed E-state index contributed by atoms with van der Waals surface area (Å²) in [5.41, 5.74) is 1.34. The average Bonchev–Trinajstić information content (AvgIpc) is 3.06. The van der Waals surface area contributed by atoms with Gasteiger partial charge < -0.3 is 20.1 Å². The first-order valence-corrected chi connectivity index (χ1v) is 12.2.